The van der Waals surface area contributed by atoms with Crippen molar-refractivity contribution in [3.63, 3.8) is 0 Å². The fourth-order valence-corrected chi connectivity index (χ4v) is 2.74. The third-order valence-corrected chi connectivity index (χ3v) is 4.90. The van der Waals surface area contributed by atoms with Gasteiger partial charge in [0.15, 0.2) is 0 Å². The molecule has 7 heteroatoms. The van der Waals surface area contributed by atoms with Gasteiger partial charge in [0.05, 0.1) is 23.4 Å². The molecule has 0 saturated heterocycles. The molecular formula is C15H13Br2NO4. The predicted molar refractivity (Wildman–Crippen MR) is 88.8 cm³/mol. The molecule has 0 aliphatic rings. The lowest BCUT2D eigenvalue weighted by atomic mass is 10.1. The minimum atomic E-state index is -1.05. The summed E-state index contributed by atoms with van der Waals surface area (Å²) in [5, 5.41) is 9.39. The van der Waals surface area contributed by atoms with Crippen LogP contribution in [-0.4, -0.2) is 28.2 Å². The van der Waals surface area contributed by atoms with Crippen molar-refractivity contribution >= 4 is 43.8 Å². The molecule has 0 atom stereocenters. The van der Waals surface area contributed by atoms with E-state index in [1.807, 2.05) is 0 Å². The second-order valence-corrected chi connectivity index (χ2v) is 6.26. The van der Waals surface area contributed by atoms with Crippen LogP contribution in [0, 0.1) is 6.92 Å². The van der Waals surface area contributed by atoms with Gasteiger partial charge in [0.25, 0.3) is 0 Å². The zero-order valence-corrected chi connectivity index (χ0v) is 15.1. The molecule has 2 rings (SSSR count). The summed E-state index contributed by atoms with van der Waals surface area (Å²) in [7, 11) is 0. The smallest absolute Gasteiger partial charge is 0.339 e. The molecule has 116 valence electrons. The first-order valence-electron chi connectivity index (χ1n) is 6.44. The number of rotatable bonds is 4. The Morgan fingerprint density at radius 2 is 1.86 bits per heavy atom. The zero-order valence-electron chi connectivity index (χ0n) is 11.9. The van der Waals surface area contributed by atoms with E-state index in [1.54, 1.807) is 36.7 Å². The first kappa shape index (κ1) is 16.8. The fraction of sp³-hybridized carbons (Fsp3) is 0.200. The molecule has 0 aliphatic heterocycles. The standard InChI is InChI=1S/C15H13Br2NO4/c1-3-22-15(21)9-4-8(2)18(7-9)13-6-12(17)11(16)5-10(13)14(19)20/h4-7H,3H2,1-2H3,(H,19,20). The van der Waals surface area contributed by atoms with Crippen LogP contribution in [0.25, 0.3) is 5.69 Å². The van der Waals surface area contributed by atoms with Crippen molar-refractivity contribution in [1.82, 2.24) is 4.57 Å². The van der Waals surface area contributed by atoms with Gasteiger partial charge >= 0.3 is 11.9 Å². The van der Waals surface area contributed by atoms with Gasteiger partial charge in [0, 0.05) is 20.8 Å². The molecule has 0 bridgehead atoms. The predicted octanol–water partition coefficient (Wildman–Crippen LogP) is 4.19. The summed E-state index contributed by atoms with van der Waals surface area (Å²) < 4.78 is 7.99. The number of halogens is 2. The number of aromatic carboxylic acids is 1. The Balaban J connectivity index is 2.59. The summed E-state index contributed by atoms with van der Waals surface area (Å²) in [6.45, 7) is 3.81. The lowest BCUT2D eigenvalue weighted by molar-refractivity contribution is 0.0526. The van der Waals surface area contributed by atoms with Crippen LogP contribution in [0.3, 0.4) is 0 Å². The number of aryl methyl sites for hydroxylation is 1. The third-order valence-electron chi connectivity index (χ3n) is 3.05. The molecule has 5 nitrogen and oxygen atoms in total. The van der Waals surface area contributed by atoms with Gasteiger partial charge in [0.2, 0.25) is 0 Å². The molecule has 0 fully saturated rings. The lowest BCUT2D eigenvalue weighted by Crippen LogP contribution is -2.07. The van der Waals surface area contributed by atoms with Gasteiger partial charge in [-0.3, -0.25) is 0 Å². The van der Waals surface area contributed by atoms with E-state index in [1.165, 1.54) is 6.07 Å². The van der Waals surface area contributed by atoms with E-state index in [0.717, 1.165) is 10.2 Å². The highest BCUT2D eigenvalue weighted by molar-refractivity contribution is 9.13. The number of ether oxygens (including phenoxy) is 1. The summed E-state index contributed by atoms with van der Waals surface area (Å²) in [6, 6.07) is 4.88. The maximum absolute atomic E-state index is 11.8. The molecule has 2 aromatic rings. The van der Waals surface area contributed by atoms with Crippen LogP contribution in [0.5, 0.6) is 0 Å². The summed E-state index contributed by atoms with van der Waals surface area (Å²) >= 11 is 6.66. The minimum Gasteiger partial charge on any atom is -0.478 e. The van der Waals surface area contributed by atoms with Crippen molar-refractivity contribution < 1.29 is 19.4 Å². The third kappa shape index (κ3) is 3.25. The molecule has 0 saturated carbocycles. The molecule has 0 unspecified atom stereocenters. The number of carboxylic acid groups (broad SMARTS) is 1. The van der Waals surface area contributed by atoms with E-state index in [9.17, 15) is 14.7 Å². The van der Waals surface area contributed by atoms with Crippen LogP contribution in [0.1, 0.15) is 33.3 Å². The first-order valence-corrected chi connectivity index (χ1v) is 8.02. The Morgan fingerprint density at radius 1 is 1.23 bits per heavy atom. The number of carbonyl (C=O) groups excluding carboxylic acids is 1. The Kier molecular flexibility index (Phi) is 5.08. The molecule has 1 aromatic carbocycles. The van der Waals surface area contributed by atoms with Gasteiger partial charge in [-0.2, -0.15) is 0 Å². The molecule has 22 heavy (non-hydrogen) atoms. The van der Waals surface area contributed by atoms with E-state index in [4.69, 9.17) is 4.74 Å². The van der Waals surface area contributed by atoms with Crippen molar-refractivity contribution in [2.45, 2.75) is 13.8 Å². The molecule has 0 spiro atoms. The van der Waals surface area contributed by atoms with E-state index < -0.39 is 11.9 Å². The summed E-state index contributed by atoms with van der Waals surface area (Å²) in [4.78, 5) is 23.3. The topological polar surface area (TPSA) is 68.5 Å². The van der Waals surface area contributed by atoms with Crippen LogP contribution in [0.15, 0.2) is 33.3 Å². The SMILES string of the molecule is CCOC(=O)c1cc(C)n(-c2cc(Br)c(Br)cc2C(=O)O)c1. The molecule has 1 aromatic heterocycles. The van der Waals surface area contributed by atoms with Gasteiger partial charge in [-0.1, -0.05) is 0 Å². The summed E-state index contributed by atoms with van der Waals surface area (Å²) in [5.41, 5.74) is 1.72. The maximum Gasteiger partial charge on any atom is 0.339 e. The quantitative estimate of drug-likeness (QED) is 0.738. The average molecular weight is 431 g/mol. The number of nitrogens with zero attached hydrogens (tertiary/aromatic N) is 1. The van der Waals surface area contributed by atoms with Crippen molar-refractivity contribution in [3.8, 4) is 5.69 Å². The van der Waals surface area contributed by atoms with Gasteiger partial charge in [-0.05, 0) is 63.9 Å². The van der Waals surface area contributed by atoms with Crippen LogP contribution in [0.4, 0.5) is 0 Å². The number of esters is 1. The fourth-order valence-electron chi connectivity index (χ4n) is 2.07. The van der Waals surface area contributed by atoms with Gasteiger partial charge in [-0.15, -0.1) is 0 Å². The lowest BCUT2D eigenvalue weighted by Gasteiger charge is -2.11. The molecule has 0 amide bonds. The van der Waals surface area contributed by atoms with Gasteiger partial charge < -0.3 is 14.4 Å². The molecule has 0 radical (unpaired) electrons. The van der Waals surface area contributed by atoms with E-state index in [-0.39, 0.29) is 12.2 Å². The highest BCUT2D eigenvalue weighted by atomic mass is 79.9. The van der Waals surface area contributed by atoms with Gasteiger partial charge in [0.1, 0.15) is 0 Å². The monoisotopic (exact) mass is 429 g/mol. The first-order chi connectivity index (χ1) is 10.3. The molecule has 1 N–H and O–H groups in total. The van der Waals surface area contributed by atoms with Crippen molar-refractivity contribution in [2.24, 2.45) is 0 Å². The van der Waals surface area contributed by atoms with Crippen molar-refractivity contribution in [2.75, 3.05) is 6.61 Å². The van der Waals surface area contributed by atoms with Crippen LogP contribution in [0.2, 0.25) is 0 Å². The second-order valence-electron chi connectivity index (χ2n) is 4.55. The number of hydrogen-bond acceptors (Lipinski definition) is 3. The Morgan fingerprint density at radius 3 is 2.45 bits per heavy atom. The van der Waals surface area contributed by atoms with E-state index in [0.29, 0.717) is 15.7 Å². The summed E-state index contributed by atoms with van der Waals surface area (Å²) in [6.07, 6.45) is 1.58. The molecule has 0 aliphatic carbocycles. The van der Waals surface area contributed by atoms with Gasteiger partial charge in [-0.25, -0.2) is 9.59 Å². The van der Waals surface area contributed by atoms with Crippen molar-refractivity contribution in [1.29, 1.82) is 0 Å². The zero-order chi connectivity index (χ0) is 16.4. The second kappa shape index (κ2) is 6.66. The Bertz CT molecular complexity index is 752. The van der Waals surface area contributed by atoms with Crippen LogP contribution in [-0.2, 0) is 4.74 Å². The average Bonchev–Trinajstić information content (AvgIpc) is 2.83. The number of hydrogen-bond donors (Lipinski definition) is 1. The van der Waals surface area contributed by atoms with Crippen molar-refractivity contribution in [3.05, 3.63) is 50.2 Å². The van der Waals surface area contributed by atoms with E-state index in [2.05, 4.69) is 31.9 Å². The minimum absolute atomic E-state index is 0.129. The molecular weight excluding hydrogens is 418 g/mol. The number of carboxylic acids is 1. The van der Waals surface area contributed by atoms with E-state index >= 15 is 0 Å². The maximum atomic E-state index is 11.8. The van der Waals surface area contributed by atoms with Crippen LogP contribution < -0.4 is 0 Å². The highest BCUT2D eigenvalue weighted by Gasteiger charge is 2.18. The molecule has 1 heterocycles. The number of aromatic nitrogens is 1. The normalized spacial score (nSPS) is 10.5. The number of benzene rings is 1. The largest absolute Gasteiger partial charge is 0.478 e. The van der Waals surface area contributed by atoms with Crippen LogP contribution >= 0.6 is 31.9 Å². The Hall–Kier alpha value is -1.60. The summed E-state index contributed by atoms with van der Waals surface area (Å²) in [5.74, 6) is -1.48. The Labute approximate surface area is 144 Å². The number of carbonyl (C=O) groups is 2. The highest BCUT2D eigenvalue weighted by Crippen LogP contribution is 2.30.